The largest absolute Gasteiger partial charge is 0.339 e. The summed E-state index contributed by atoms with van der Waals surface area (Å²) in [4.78, 5) is 43.1. The van der Waals surface area contributed by atoms with Gasteiger partial charge in [0.25, 0.3) is 5.91 Å². The number of hydrogen-bond donors (Lipinski definition) is 0. The number of hydrogen-bond acceptors (Lipinski definition) is 4. The molecule has 0 radical (unpaired) electrons. The Morgan fingerprint density at radius 3 is 2.39 bits per heavy atom. The van der Waals surface area contributed by atoms with Crippen molar-refractivity contribution < 1.29 is 18.8 Å². The van der Waals surface area contributed by atoms with E-state index in [-0.39, 0.29) is 36.4 Å². The first-order valence-electron chi connectivity index (χ1n) is 9.21. The second-order valence-corrected chi connectivity index (χ2v) is 7.90. The highest BCUT2D eigenvalue weighted by Gasteiger charge is 2.39. The molecule has 1 atom stereocenters. The van der Waals surface area contributed by atoms with Gasteiger partial charge < -0.3 is 14.7 Å². The molecule has 8 heteroatoms. The number of halogens is 1. The lowest BCUT2D eigenvalue weighted by Crippen LogP contribution is -2.52. The number of benzene rings is 1. The molecule has 0 spiro atoms. The number of para-hydroxylation sites is 1. The van der Waals surface area contributed by atoms with Crippen molar-refractivity contribution in [2.75, 3.05) is 37.6 Å². The number of amides is 3. The summed E-state index contributed by atoms with van der Waals surface area (Å²) in [5.41, 5.74) is 0.217. The molecule has 2 saturated heterocycles. The molecule has 1 aromatic heterocycles. The van der Waals surface area contributed by atoms with Gasteiger partial charge in [0.2, 0.25) is 11.8 Å². The molecule has 3 heterocycles. The van der Waals surface area contributed by atoms with E-state index in [2.05, 4.69) is 0 Å². The highest BCUT2D eigenvalue weighted by atomic mass is 32.1. The smallest absolute Gasteiger partial charge is 0.264 e. The van der Waals surface area contributed by atoms with Crippen LogP contribution in [0.3, 0.4) is 0 Å². The Kier molecular flexibility index (Phi) is 5.13. The van der Waals surface area contributed by atoms with Crippen LogP contribution in [-0.4, -0.2) is 60.2 Å². The van der Waals surface area contributed by atoms with E-state index in [0.29, 0.717) is 31.1 Å². The Morgan fingerprint density at radius 2 is 1.71 bits per heavy atom. The van der Waals surface area contributed by atoms with Crippen molar-refractivity contribution >= 4 is 34.7 Å². The first-order chi connectivity index (χ1) is 13.5. The molecule has 2 fully saturated rings. The Morgan fingerprint density at radius 1 is 1.00 bits per heavy atom. The Bertz CT molecular complexity index is 894. The molecule has 3 amide bonds. The van der Waals surface area contributed by atoms with Gasteiger partial charge in [-0.25, -0.2) is 4.39 Å². The van der Waals surface area contributed by atoms with Crippen LogP contribution in [0, 0.1) is 11.7 Å². The maximum Gasteiger partial charge on any atom is 0.264 e. The predicted molar refractivity (Wildman–Crippen MR) is 104 cm³/mol. The fourth-order valence-electron chi connectivity index (χ4n) is 3.72. The molecule has 0 N–H and O–H groups in total. The molecule has 0 unspecified atom stereocenters. The molecule has 146 valence electrons. The van der Waals surface area contributed by atoms with Crippen LogP contribution in [-0.2, 0) is 9.59 Å². The van der Waals surface area contributed by atoms with Gasteiger partial charge in [-0.05, 0) is 23.6 Å². The second-order valence-electron chi connectivity index (χ2n) is 6.95. The first-order valence-corrected chi connectivity index (χ1v) is 10.1. The quantitative estimate of drug-likeness (QED) is 0.793. The molecule has 0 bridgehead atoms. The number of nitrogens with zero attached hydrogens (tertiary/aromatic N) is 3. The van der Waals surface area contributed by atoms with Crippen molar-refractivity contribution in [2.24, 2.45) is 5.92 Å². The van der Waals surface area contributed by atoms with Gasteiger partial charge in [-0.1, -0.05) is 18.2 Å². The van der Waals surface area contributed by atoms with E-state index in [9.17, 15) is 18.8 Å². The van der Waals surface area contributed by atoms with Crippen LogP contribution < -0.4 is 4.90 Å². The molecule has 0 saturated carbocycles. The number of carbonyl (C=O) groups excluding carboxylic acids is 3. The van der Waals surface area contributed by atoms with Gasteiger partial charge in [-0.2, -0.15) is 0 Å². The monoisotopic (exact) mass is 401 g/mol. The van der Waals surface area contributed by atoms with Gasteiger partial charge in [0.15, 0.2) is 0 Å². The van der Waals surface area contributed by atoms with Gasteiger partial charge in [0.1, 0.15) is 5.82 Å². The van der Waals surface area contributed by atoms with Crippen molar-refractivity contribution in [2.45, 2.75) is 6.42 Å². The maximum atomic E-state index is 14.0. The van der Waals surface area contributed by atoms with E-state index in [0.717, 1.165) is 0 Å². The maximum absolute atomic E-state index is 14.0. The third-order valence-corrected chi connectivity index (χ3v) is 6.09. The molecule has 2 aliphatic rings. The number of carbonyl (C=O) groups is 3. The van der Waals surface area contributed by atoms with Crippen LogP contribution in [0.1, 0.15) is 16.1 Å². The average Bonchev–Trinajstić information content (AvgIpc) is 3.37. The highest BCUT2D eigenvalue weighted by molar-refractivity contribution is 7.12. The molecule has 2 aliphatic heterocycles. The molecule has 0 aliphatic carbocycles. The zero-order chi connectivity index (χ0) is 19.7. The molecule has 6 nitrogen and oxygen atoms in total. The number of rotatable bonds is 3. The topological polar surface area (TPSA) is 60.9 Å². The Labute approximate surface area is 166 Å². The van der Waals surface area contributed by atoms with Crippen molar-refractivity contribution in [3.05, 3.63) is 52.5 Å². The van der Waals surface area contributed by atoms with Gasteiger partial charge in [-0.3, -0.25) is 14.4 Å². The summed E-state index contributed by atoms with van der Waals surface area (Å²) >= 11 is 1.41. The summed E-state index contributed by atoms with van der Waals surface area (Å²) in [6.45, 7) is 2.02. The molecular formula is C20H20FN3O3S. The fraction of sp³-hybridized carbons (Fsp3) is 0.350. The average molecular weight is 401 g/mol. The summed E-state index contributed by atoms with van der Waals surface area (Å²) in [7, 11) is 0. The normalized spacial score (nSPS) is 20.0. The lowest BCUT2D eigenvalue weighted by Gasteiger charge is -2.35. The lowest BCUT2D eigenvalue weighted by atomic mass is 10.1. The van der Waals surface area contributed by atoms with E-state index in [1.165, 1.54) is 22.3 Å². The summed E-state index contributed by atoms with van der Waals surface area (Å²) in [5, 5.41) is 1.87. The summed E-state index contributed by atoms with van der Waals surface area (Å²) < 4.78 is 14.0. The van der Waals surface area contributed by atoms with Gasteiger partial charge in [0.05, 0.1) is 16.5 Å². The van der Waals surface area contributed by atoms with E-state index in [4.69, 9.17) is 0 Å². The van der Waals surface area contributed by atoms with Crippen LogP contribution in [0.2, 0.25) is 0 Å². The number of thiophene rings is 1. The fourth-order valence-corrected chi connectivity index (χ4v) is 4.41. The minimum Gasteiger partial charge on any atom is -0.339 e. The van der Waals surface area contributed by atoms with Crippen molar-refractivity contribution in [1.82, 2.24) is 9.80 Å². The number of piperazine rings is 1. The highest BCUT2D eigenvalue weighted by Crippen LogP contribution is 2.28. The van der Waals surface area contributed by atoms with Crippen molar-refractivity contribution in [3.8, 4) is 0 Å². The molecule has 2 aromatic rings. The zero-order valence-electron chi connectivity index (χ0n) is 15.2. The van der Waals surface area contributed by atoms with Gasteiger partial charge in [0, 0.05) is 39.1 Å². The first kappa shape index (κ1) is 18.6. The zero-order valence-corrected chi connectivity index (χ0v) is 16.0. The van der Waals surface area contributed by atoms with Crippen molar-refractivity contribution in [3.63, 3.8) is 0 Å². The predicted octanol–water partition coefficient (Wildman–Crippen LogP) is 2.22. The van der Waals surface area contributed by atoms with E-state index in [1.807, 2.05) is 11.4 Å². The SMILES string of the molecule is O=C(c1cccs1)N1CCN(C(=O)[C@H]2CC(=O)N(c3ccccc3F)C2)CC1. The molecular weight excluding hydrogens is 381 g/mol. The van der Waals surface area contributed by atoms with Gasteiger partial charge in [-0.15, -0.1) is 11.3 Å². The van der Waals surface area contributed by atoms with Crippen LogP contribution in [0.4, 0.5) is 10.1 Å². The lowest BCUT2D eigenvalue weighted by molar-refractivity contribution is -0.137. The molecule has 4 rings (SSSR count). The van der Waals surface area contributed by atoms with Gasteiger partial charge >= 0.3 is 0 Å². The van der Waals surface area contributed by atoms with E-state index < -0.39 is 11.7 Å². The Balaban J connectivity index is 1.36. The summed E-state index contributed by atoms with van der Waals surface area (Å²) in [6, 6.07) is 9.74. The summed E-state index contributed by atoms with van der Waals surface area (Å²) in [5.74, 6) is -1.30. The second kappa shape index (κ2) is 7.71. The summed E-state index contributed by atoms with van der Waals surface area (Å²) in [6.07, 6.45) is 0.0848. The van der Waals surface area contributed by atoms with Crippen LogP contribution in [0.5, 0.6) is 0 Å². The van der Waals surface area contributed by atoms with Crippen LogP contribution in [0.25, 0.3) is 0 Å². The number of anilines is 1. The third-order valence-electron chi connectivity index (χ3n) is 5.23. The third kappa shape index (κ3) is 3.52. The van der Waals surface area contributed by atoms with Crippen molar-refractivity contribution in [1.29, 1.82) is 0 Å². The Hall–Kier alpha value is -2.74. The van der Waals surface area contributed by atoms with Crippen LogP contribution >= 0.6 is 11.3 Å². The minimum absolute atomic E-state index is 0.0103. The van der Waals surface area contributed by atoms with E-state index in [1.54, 1.807) is 34.1 Å². The minimum atomic E-state index is -0.480. The van der Waals surface area contributed by atoms with Crippen LogP contribution in [0.15, 0.2) is 41.8 Å². The standard InChI is InChI=1S/C20H20FN3O3S/c21-15-4-1-2-5-16(15)24-13-14(12-18(24)25)19(26)22-7-9-23(10-8-22)20(27)17-6-3-11-28-17/h1-6,11,14H,7-10,12-13H2/t14-/m0/s1. The molecule has 28 heavy (non-hydrogen) atoms. The molecule has 1 aromatic carbocycles. The van der Waals surface area contributed by atoms with E-state index >= 15 is 0 Å².